The smallest absolute Gasteiger partial charge is 0.0633 e. The van der Waals surface area contributed by atoms with Gasteiger partial charge >= 0.3 is 0 Å². The second-order valence-electron chi connectivity index (χ2n) is 3.42. The molecule has 76 valence electrons. The zero-order valence-corrected chi connectivity index (χ0v) is 9.20. The molecular formula is C12H11ClN2. The minimum absolute atomic E-state index is 0.707. The van der Waals surface area contributed by atoms with Crippen molar-refractivity contribution in [3.8, 4) is 0 Å². The number of hydrogen-bond donors (Lipinski definition) is 0. The monoisotopic (exact) mass is 218 g/mol. The van der Waals surface area contributed by atoms with E-state index in [0.717, 1.165) is 23.4 Å². The third-order valence-electron chi connectivity index (χ3n) is 2.18. The van der Waals surface area contributed by atoms with Gasteiger partial charge in [-0.2, -0.15) is 0 Å². The van der Waals surface area contributed by atoms with E-state index in [4.69, 9.17) is 11.6 Å². The molecule has 0 bridgehead atoms. The fourth-order valence-electron chi connectivity index (χ4n) is 1.34. The van der Waals surface area contributed by atoms with Crippen LogP contribution in [0.1, 0.15) is 17.0 Å². The van der Waals surface area contributed by atoms with Crippen molar-refractivity contribution in [2.45, 2.75) is 13.3 Å². The van der Waals surface area contributed by atoms with Crippen LogP contribution in [0.2, 0.25) is 5.02 Å². The molecule has 0 amide bonds. The van der Waals surface area contributed by atoms with E-state index in [-0.39, 0.29) is 0 Å². The summed E-state index contributed by atoms with van der Waals surface area (Å²) in [4.78, 5) is 8.47. The molecule has 2 heterocycles. The van der Waals surface area contributed by atoms with Crippen LogP contribution < -0.4 is 0 Å². The Morgan fingerprint density at radius 1 is 1.20 bits per heavy atom. The molecule has 0 saturated carbocycles. The van der Waals surface area contributed by atoms with Crippen molar-refractivity contribution in [2.75, 3.05) is 0 Å². The molecule has 0 N–H and O–H groups in total. The highest BCUT2D eigenvalue weighted by Crippen LogP contribution is 2.15. The molecule has 2 rings (SSSR count). The Hall–Kier alpha value is -1.41. The molecule has 0 fully saturated rings. The summed E-state index contributed by atoms with van der Waals surface area (Å²) in [7, 11) is 0. The average Bonchev–Trinajstić information content (AvgIpc) is 2.25. The summed E-state index contributed by atoms with van der Waals surface area (Å²) in [5, 5.41) is 0.707. The number of halogens is 1. The van der Waals surface area contributed by atoms with Gasteiger partial charge in [-0.15, -0.1) is 0 Å². The maximum absolute atomic E-state index is 6.02. The van der Waals surface area contributed by atoms with E-state index in [9.17, 15) is 0 Å². The van der Waals surface area contributed by atoms with E-state index >= 15 is 0 Å². The molecule has 15 heavy (non-hydrogen) atoms. The number of aromatic nitrogens is 2. The van der Waals surface area contributed by atoms with Crippen LogP contribution in [0.5, 0.6) is 0 Å². The lowest BCUT2D eigenvalue weighted by atomic mass is 10.1. The first-order valence-corrected chi connectivity index (χ1v) is 5.14. The van der Waals surface area contributed by atoms with E-state index in [0.29, 0.717) is 5.02 Å². The molecule has 0 spiro atoms. The zero-order chi connectivity index (χ0) is 10.7. The van der Waals surface area contributed by atoms with Gasteiger partial charge in [-0.1, -0.05) is 17.7 Å². The maximum Gasteiger partial charge on any atom is 0.0633 e. The molecular weight excluding hydrogens is 208 g/mol. The Bertz CT molecular complexity index is 451. The van der Waals surface area contributed by atoms with Crippen LogP contribution in [-0.2, 0) is 6.42 Å². The fraction of sp³-hybridized carbons (Fsp3) is 0.167. The normalized spacial score (nSPS) is 10.3. The maximum atomic E-state index is 6.02. The number of aryl methyl sites for hydroxylation is 1. The predicted octanol–water partition coefficient (Wildman–Crippen LogP) is 3.03. The van der Waals surface area contributed by atoms with Crippen molar-refractivity contribution < 1.29 is 0 Å². The van der Waals surface area contributed by atoms with Gasteiger partial charge in [0, 0.05) is 24.5 Å². The first kappa shape index (κ1) is 10.1. The summed E-state index contributed by atoms with van der Waals surface area (Å²) in [6.07, 6.45) is 4.34. The quantitative estimate of drug-likeness (QED) is 0.775. The van der Waals surface area contributed by atoms with Crippen LogP contribution in [0, 0.1) is 6.92 Å². The lowest BCUT2D eigenvalue weighted by Gasteiger charge is -2.02. The Kier molecular flexibility index (Phi) is 2.97. The first-order valence-electron chi connectivity index (χ1n) is 4.76. The minimum Gasteiger partial charge on any atom is -0.261 e. The summed E-state index contributed by atoms with van der Waals surface area (Å²) < 4.78 is 0. The van der Waals surface area contributed by atoms with Crippen LogP contribution in [0.3, 0.4) is 0 Å². The molecule has 0 aromatic carbocycles. The van der Waals surface area contributed by atoms with Crippen LogP contribution >= 0.6 is 11.6 Å². The van der Waals surface area contributed by atoms with Gasteiger partial charge in [0.2, 0.25) is 0 Å². The highest BCUT2D eigenvalue weighted by atomic mass is 35.5. The average molecular weight is 219 g/mol. The highest BCUT2D eigenvalue weighted by molar-refractivity contribution is 6.31. The second-order valence-corrected chi connectivity index (χ2v) is 3.82. The van der Waals surface area contributed by atoms with Gasteiger partial charge in [0.15, 0.2) is 0 Å². The second kappa shape index (κ2) is 4.41. The number of nitrogens with zero attached hydrogens (tertiary/aromatic N) is 2. The molecule has 3 heteroatoms. The van der Waals surface area contributed by atoms with Gasteiger partial charge in [0.05, 0.1) is 10.7 Å². The lowest BCUT2D eigenvalue weighted by molar-refractivity contribution is 1.05. The van der Waals surface area contributed by atoms with Crippen LogP contribution in [0.4, 0.5) is 0 Å². The van der Waals surface area contributed by atoms with Crippen LogP contribution in [-0.4, -0.2) is 9.97 Å². The van der Waals surface area contributed by atoms with E-state index in [1.54, 1.807) is 6.20 Å². The number of pyridine rings is 2. The van der Waals surface area contributed by atoms with Gasteiger partial charge < -0.3 is 0 Å². The Morgan fingerprint density at radius 3 is 2.73 bits per heavy atom. The van der Waals surface area contributed by atoms with E-state index in [1.165, 1.54) is 0 Å². The Morgan fingerprint density at radius 2 is 2.07 bits per heavy atom. The van der Waals surface area contributed by atoms with E-state index < -0.39 is 0 Å². The molecule has 0 saturated heterocycles. The van der Waals surface area contributed by atoms with Crippen molar-refractivity contribution in [1.82, 2.24) is 9.97 Å². The van der Waals surface area contributed by atoms with Crippen molar-refractivity contribution in [3.05, 3.63) is 58.6 Å². The Balaban J connectivity index is 2.22. The lowest BCUT2D eigenvalue weighted by Crippen LogP contribution is -1.94. The third kappa shape index (κ3) is 2.54. The summed E-state index contributed by atoms with van der Waals surface area (Å²) in [5.74, 6) is 0. The third-order valence-corrected chi connectivity index (χ3v) is 2.52. The number of hydrogen-bond acceptors (Lipinski definition) is 2. The summed E-state index contributed by atoms with van der Waals surface area (Å²) >= 11 is 6.02. The molecule has 0 aliphatic rings. The largest absolute Gasteiger partial charge is 0.261 e. The van der Waals surface area contributed by atoms with Crippen LogP contribution in [0.25, 0.3) is 0 Å². The van der Waals surface area contributed by atoms with Crippen molar-refractivity contribution >= 4 is 11.6 Å². The molecule has 0 unspecified atom stereocenters. The van der Waals surface area contributed by atoms with E-state index in [2.05, 4.69) is 9.97 Å². The standard InChI is InChI=1S/C12H11ClN2/c1-9-4-5-10(8-15-9)7-12-11(13)3-2-6-14-12/h2-6,8H,7H2,1H3. The van der Waals surface area contributed by atoms with Gasteiger partial charge in [-0.05, 0) is 30.7 Å². The van der Waals surface area contributed by atoms with Gasteiger partial charge in [-0.3, -0.25) is 9.97 Å². The predicted molar refractivity (Wildman–Crippen MR) is 61.0 cm³/mol. The fourth-order valence-corrected chi connectivity index (χ4v) is 1.53. The van der Waals surface area contributed by atoms with Crippen LogP contribution in [0.15, 0.2) is 36.7 Å². The first-order chi connectivity index (χ1) is 7.25. The Labute approximate surface area is 94.0 Å². The number of rotatable bonds is 2. The van der Waals surface area contributed by atoms with Crippen molar-refractivity contribution in [1.29, 1.82) is 0 Å². The van der Waals surface area contributed by atoms with E-state index in [1.807, 2.05) is 37.4 Å². The summed E-state index contributed by atoms with van der Waals surface area (Å²) in [5.41, 5.74) is 3.04. The molecule has 2 aromatic heterocycles. The highest BCUT2D eigenvalue weighted by Gasteiger charge is 2.02. The van der Waals surface area contributed by atoms with Gasteiger partial charge in [0.25, 0.3) is 0 Å². The molecule has 2 nitrogen and oxygen atoms in total. The SMILES string of the molecule is Cc1ccc(Cc2ncccc2Cl)cn1. The van der Waals surface area contributed by atoms with Crippen molar-refractivity contribution in [2.24, 2.45) is 0 Å². The molecule has 0 atom stereocenters. The molecule has 0 radical (unpaired) electrons. The minimum atomic E-state index is 0.707. The van der Waals surface area contributed by atoms with Crippen molar-refractivity contribution in [3.63, 3.8) is 0 Å². The summed E-state index contributed by atoms with van der Waals surface area (Å²) in [6, 6.07) is 7.73. The molecule has 0 aliphatic heterocycles. The molecule has 0 aliphatic carbocycles. The zero-order valence-electron chi connectivity index (χ0n) is 8.44. The molecule has 2 aromatic rings. The van der Waals surface area contributed by atoms with Gasteiger partial charge in [-0.25, -0.2) is 0 Å². The topological polar surface area (TPSA) is 25.8 Å². The summed E-state index contributed by atoms with van der Waals surface area (Å²) in [6.45, 7) is 1.97. The van der Waals surface area contributed by atoms with Gasteiger partial charge in [0.1, 0.15) is 0 Å².